The lowest BCUT2D eigenvalue weighted by Crippen LogP contribution is -2.23. The molecule has 4 nitrogen and oxygen atoms in total. The highest BCUT2D eigenvalue weighted by molar-refractivity contribution is 6.05. The maximum Gasteiger partial charge on any atom is 0.168 e. The van der Waals surface area contributed by atoms with E-state index in [4.69, 9.17) is 0 Å². The molecule has 4 heteroatoms. The Hall–Kier alpha value is -2.88. The summed E-state index contributed by atoms with van der Waals surface area (Å²) < 4.78 is 0. The summed E-state index contributed by atoms with van der Waals surface area (Å²) in [5.74, 6) is 0.312. The van der Waals surface area contributed by atoms with Crippen LogP contribution in [0.3, 0.4) is 0 Å². The monoisotopic (exact) mass is 492 g/mol. The van der Waals surface area contributed by atoms with Crippen LogP contribution < -0.4 is 0 Å². The van der Waals surface area contributed by atoms with E-state index in [1.807, 2.05) is 83.1 Å². The number of ketones is 4. The summed E-state index contributed by atoms with van der Waals surface area (Å²) in [4.78, 5) is 48.5. The maximum atomic E-state index is 12.2. The maximum absolute atomic E-state index is 12.2. The first-order valence-electron chi connectivity index (χ1n) is 12.5. The summed E-state index contributed by atoms with van der Waals surface area (Å²) in [6, 6.07) is 14.0. The summed E-state index contributed by atoms with van der Waals surface area (Å²) in [6.45, 7) is 22.6. The number of hydrogen-bond acceptors (Lipinski definition) is 4. The average Bonchev–Trinajstić information content (AvgIpc) is 2.75. The van der Waals surface area contributed by atoms with Crippen molar-refractivity contribution < 1.29 is 19.2 Å². The summed E-state index contributed by atoms with van der Waals surface area (Å²) >= 11 is 0. The molecule has 36 heavy (non-hydrogen) atoms. The number of carbonyl (C=O) groups is 4. The van der Waals surface area contributed by atoms with Gasteiger partial charge in [0.15, 0.2) is 23.1 Å². The molecule has 0 radical (unpaired) electrons. The zero-order chi connectivity index (χ0) is 28.3. The molecular formula is C32H44O4. The van der Waals surface area contributed by atoms with E-state index in [0.717, 1.165) is 0 Å². The van der Waals surface area contributed by atoms with Gasteiger partial charge in [0.2, 0.25) is 0 Å². The molecule has 0 bridgehead atoms. The molecule has 0 saturated heterocycles. The Kier molecular flexibility index (Phi) is 9.54. The van der Waals surface area contributed by atoms with Gasteiger partial charge in [-0.15, -0.1) is 0 Å². The van der Waals surface area contributed by atoms with Gasteiger partial charge >= 0.3 is 0 Å². The first-order chi connectivity index (χ1) is 16.1. The molecule has 0 aliphatic rings. The summed E-state index contributed by atoms with van der Waals surface area (Å²) in [5.41, 5.74) is 0.897. The SMILES string of the molecule is CC(C)(C)C(=O)c1ccc(C(=O)C(C)(C)C)cc1.CC(C)(C)C(=O)c1cccc(C(=O)C(C)(C)C)c1. The van der Waals surface area contributed by atoms with Gasteiger partial charge in [-0.05, 0) is 6.07 Å². The van der Waals surface area contributed by atoms with Gasteiger partial charge in [-0.1, -0.05) is 126 Å². The second-order valence-corrected chi connectivity index (χ2v) is 13.5. The zero-order valence-corrected chi connectivity index (χ0v) is 24.3. The minimum absolute atomic E-state index is 0.0612. The molecule has 0 heterocycles. The Morgan fingerprint density at radius 1 is 0.389 bits per heavy atom. The highest BCUT2D eigenvalue weighted by atomic mass is 16.1. The van der Waals surface area contributed by atoms with Crippen molar-refractivity contribution in [2.75, 3.05) is 0 Å². The Morgan fingerprint density at radius 3 is 0.833 bits per heavy atom. The molecule has 0 aliphatic heterocycles. The highest BCUT2D eigenvalue weighted by Crippen LogP contribution is 2.26. The zero-order valence-electron chi connectivity index (χ0n) is 24.3. The van der Waals surface area contributed by atoms with Crippen molar-refractivity contribution in [2.24, 2.45) is 21.7 Å². The molecule has 2 aromatic rings. The summed E-state index contributed by atoms with van der Waals surface area (Å²) in [6.07, 6.45) is 0. The highest BCUT2D eigenvalue weighted by Gasteiger charge is 2.27. The number of rotatable bonds is 4. The molecule has 0 unspecified atom stereocenters. The number of hydrogen-bond donors (Lipinski definition) is 0. The Bertz CT molecular complexity index is 1020. The van der Waals surface area contributed by atoms with Crippen LogP contribution in [-0.2, 0) is 0 Å². The molecule has 0 saturated carbocycles. The Labute approximate surface area is 217 Å². The fraction of sp³-hybridized carbons (Fsp3) is 0.500. The van der Waals surface area contributed by atoms with E-state index in [2.05, 4.69) is 0 Å². The van der Waals surface area contributed by atoms with Crippen molar-refractivity contribution in [3.05, 3.63) is 70.8 Å². The third kappa shape index (κ3) is 8.65. The molecule has 0 amide bonds. The smallest absolute Gasteiger partial charge is 0.168 e. The van der Waals surface area contributed by atoms with E-state index in [0.29, 0.717) is 22.3 Å². The second-order valence-electron chi connectivity index (χ2n) is 13.5. The molecule has 0 fully saturated rings. The number of carbonyl (C=O) groups excluding carboxylic acids is 4. The largest absolute Gasteiger partial charge is 0.294 e. The number of Topliss-reactive ketones (excluding diaryl/α,β-unsaturated/α-hetero) is 4. The molecule has 2 aromatic carbocycles. The van der Waals surface area contributed by atoms with Crippen LogP contribution in [0.5, 0.6) is 0 Å². The van der Waals surface area contributed by atoms with Gasteiger partial charge in [0.1, 0.15) is 0 Å². The van der Waals surface area contributed by atoms with Gasteiger partial charge < -0.3 is 0 Å². The lowest BCUT2D eigenvalue weighted by atomic mass is 9.83. The molecular weight excluding hydrogens is 448 g/mol. The van der Waals surface area contributed by atoms with Crippen molar-refractivity contribution >= 4 is 23.1 Å². The van der Waals surface area contributed by atoms with Crippen molar-refractivity contribution in [1.82, 2.24) is 0 Å². The van der Waals surface area contributed by atoms with Gasteiger partial charge in [0.05, 0.1) is 0 Å². The van der Waals surface area contributed by atoms with Crippen molar-refractivity contribution in [1.29, 1.82) is 0 Å². The lowest BCUT2D eigenvalue weighted by molar-refractivity contribution is 0.0848. The minimum Gasteiger partial charge on any atom is -0.294 e. The molecule has 0 N–H and O–H groups in total. The lowest BCUT2D eigenvalue weighted by Gasteiger charge is -2.19. The van der Waals surface area contributed by atoms with E-state index < -0.39 is 21.7 Å². The van der Waals surface area contributed by atoms with E-state index in [1.54, 1.807) is 48.5 Å². The van der Waals surface area contributed by atoms with Crippen molar-refractivity contribution in [3.63, 3.8) is 0 Å². The van der Waals surface area contributed by atoms with Gasteiger partial charge in [-0.3, -0.25) is 19.2 Å². The molecule has 0 atom stereocenters. The van der Waals surface area contributed by atoms with Crippen LogP contribution in [0, 0.1) is 21.7 Å². The fourth-order valence-electron chi connectivity index (χ4n) is 3.31. The average molecular weight is 493 g/mol. The minimum atomic E-state index is -0.427. The summed E-state index contributed by atoms with van der Waals surface area (Å²) in [5, 5.41) is 0. The van der Waals surface area contributed by atoms with Crippen LogP contribution in [0.15, 0.2) is 48.5 Å². The molecule has 2 rings (SSSR count). The van der Waals surface area contributed by atoms with Crippen LogP contribution in [0.25, 0.3) is 0 Å². The molecule has 0 aliphatic carbocycles. The molecule has 196 valence electrons. The normalized spacial score (nSPS) is 12.3. The predicted molar refractivity (Wildman–Crippen MR) is 148 cm³/mol. The van der Waals surface area contributed by atoms with Gasteiger partial charge in [-0.2, -0.15) is 0 Å². The second kappa shape index (κ2) is 11.0. The van der Waals surface area contributed by atoms with E-state index in [9.17, 15) is 19.2 Å². The predicted octanol–water partition coefficient (Wildman–Crippen LogP) is 8.29. The van der Waals surface area contributed by atoms with Crippen LogP contribution in [0.2, 0.25) is 0 Å². The topological polar surface area (TPSA) is 68.3 Å². The van der Waals surface area contributed by atoms with Crippen LogP contribution in [0.4, 0.5) is 0 Å². The molecule has 0 spiro atoms. The Morgan fingerprint density at radius 2 is 0.611 bits per heavy atom. The van der Waals surface area contributed by atoms with Crippen LogP contribution in [-0.4, -0.2) is 23.1 Å². The van der Waals surface area contributed by atoms with E-state index in [-0.39, 0.29) is 23.1 Å². The quantitative estimate of drug-likeness (QED) is 0.403. The first kappa shape index (κ1) is 31.2. The summed E-state index contributed by atoms with van der Waals surface area (Å²) in [7, 11) is 0. The van der Waals surface area contributed by atoms with Crippen molar-refractivity contribution in [3.8, 4) is 0 Å². The first-order valence-corrected chi connectivity index (χ1v) is 12.5. The Balaban J connectivity index is 0.000000360. The standard InChI is InChI=1S/2C16H22O2/c1-15(2,3)13(17)11-7-9-12(10-8-11)14(18)16(4,5)6;1-15(2,3)13(17)11-8-7-9-12(10-11)14(18)16(4,5)6/h2*7-10H,1-6H3. The van der Waals surface area contributed by atoms with E-state index in [1.165, 1.54) is 0 Å². The third-order valence-electron chi connectivity index (χ3n) is 5.52. The van der Waals surface area contributed by atoms with E-state index >= 15 is 0 Å². The van der Waals surface area contributed by atoms with Crippen molar-refractivity contribution in [2.45, 2.75) is 83.1 Å². The fourth-order valence-corrected chi connectivity index (χ4v) is 3.31. The van der Waals surface area contributed by atoms with Gasteiger partial charge in [-0.25, -0.2) is 0 Å². The molecule has 0 aromatic heterocycles. The van der Waals surface area contributed by atoms with Gasteiger partial charge in [0.25, 0.3) is 0 Å². The third-order valence-corrected chi connectivity index (χ3v) is 5.52. The number of benzene rings is 2. The van der Waals surface area contributed by atoms with Crippen LogP contribution >= 0.6 is 0 Å². The van der Waals surface area contributed by atoms with Crippen LogP contribution in [0.1, 0.15) is 125 Å². The van der Waals surface area contributed by atoms with Gasteiger partial charge in [0, 0.05) is 43.9 Å².